The molecule has 1 aromatic carbocycles. The van der Waals surface area contributed by atoms with Gasteiger partial charge in [0.25, 0.3) is 0 Å². The summed E-state index contributed by atoms with van der Waals surface area (Å²) in [7, 11) is 0. The average Bonchev–Trinajstić information content (AvgIpc) is 2.97. The lowest BCUT2D eigenvalue weighted by Crippen LogP contribution is -2.48. The second-order valence-electron chi connectivity index (χ2n) is 5.71. The minimum Gasteiger partial charge on any atom is -0.341 e. The summed E-state index contributed by atoms with van der Waals surface area (Å²) in [6.45, 7) is 2.20. The van der Waals surface area contributed by atoms with Gasteiger partial charge in [0.05, 0.1) is 12.0 Å². The van der Waals surface area contributed by atoms with Crippen molar-refractivity contribution in [2.75, 3.05) is 19.6 Å². The predicted molar refractivity (Wildman–Crippen MR) is 84.8 cm³/mol. The number of benzene rings is 1. The van der Waals surface area contributed by atoms with Crippen molar-refractivity contribution >= 4 is 18.3 Å². The van der Waals surface area contributed by atoms with Gasteiger partial charge in [0.2, 0.25) is 5.91 Å². The highest BCUT2D eigenvalue weighted by molar-refractivity contribution is 5.85. The Balaban J connectivity index is 0.00000161. The average molecular weight is 311 g/mol. The van der Waals surface area contributed by atoms with E-state index < -0.39 is 0 Å². The number of hydrazine groups is 1. The van der Waals surface area contributed by atoms with E-state index in [1.54, 1.807) is 0 Å². The Labute approximate surface area is 131 Å². The van der Waals surface area contributed by atoms with Crippen LogP contribution in [0.1, 0.15) is 24.4 Å². The number of carbonyl (C=O) groups excluding carboxylic acids is 1. The summed E-state index contributed by atoms with van der Waals surface area (Å²) in [5, 5.41) is 0. The van der Waals surface area contributed by atoms with Crippen molar-refractivity contribution in [1.82, 2.24) is 15.8 Å². The Morgan fingerprint density at radius 1 is 1.29 bits per heavy atom. The van der Waals surface area contributed by atoms with E-state index in [0.29, 0.717) is 13.1 Å². The van der Waals surface area contributed by atoms with Gasteiger partial charge in [-0.25, -0.2) is 5.43 Å². The summed E-state index contributed by atoms with van der Waals surface area (Å²) in [6, 6.07) is 10.3. The van der Waals surface area contributed by atoms with Gasteiger partial charge in [-0.3, -0.25) is 10.2 Å². The molecular formula is C15H23ClN4O. The van der Waals surface area contributed by atoms with Crippen molar-refractivity contribution in [1.29, 1.82) is 0 Å². The lowest BCUT2D eigenvalue weighted by atomic mass is 9.92. The van der Waals surface area contributed by atoms with E-state index in [-0.39, 0.29) is 36.3 Å². The van der Waals surface area contributed by atoms with Gasteiger partial charge in [0.1, 0.15) is 0 Å². The van der Waals surface area contributed by atoms with Crippen LogP contribution in [0.5, 0.6) is 0 Å². The highest BCUT2D eigenvalue weighted by Gasteiger charge is 2.37. The number of nitrogens with zero attached hydrogens (tertiary/aromatic N) is 1. The van der Waals surface area contributed by atoms with Crippen LogP contribution in [0.25, 0.3) is 0 Å². The van der Waals surface area contributed by atoms with Crippen LogP contribution in [-0.2, 0) is 4.79 Å². The Morgan fingerprint density at radius 3 is 2.76 bits per heavy atom. The topological polar surface area (TPSA) is 70.4 Å². The molecule has 2 heterocycles. The first kappa shape index (κ1) is 16.2. The van der Waals surface area contributed by atoms with Crippen LogP contribution in [0.3, 0.4) is 0 Å². The third-order valence-corrected chi connectivity index (χ3v) is 4.23. The molecule has 21 heavy (non-hydrogen) atoms. The Bertz CT molecular complexity index is 470. The van der Waals surface area contributed by atoms with Gasteiger partial charge in [-0.1, -0.05) is 30.3 Å². The summed E-state index contributed by atoms with van der Waals surface area (Å²) >= 11 is 0. The summed E-state index contributed by atoms with van der Waals surface area (Å²) < 4.78 is 0. The third kappa shape index (κ3) is 3.55. The Morgan fingerprint density at radius 2 is 2.05 bits per heavy atom. The largest absolute Gasteiger partial charge is 0.341 e. The lowest BCUT2D eigenvalue weighted by molar-refractivity contribution is -0.136. The first-order valence-corrected chi connectivity index (χ1v) is 7.33. The number of likely N-dealkylation sites (tertiary alicyclic amines) is 1. The normalized spacial score (nSPS) is 29.0. The van der Waals surface area contributed by atoms with E-state index in [9.17, 15) is 4.79 Å². The fourth-order valence-corrected chi connectivity index (χ4v) is 3.15. The van der Waals surface area contributed by atoms with Crippen molar-refractivity contribution in [3.05, 3.63) is 35.9 Å². The molecule has 2 aliphatic rings. The number of piperidine rings is 1. The van der Waals surface area contributed by atoms with Crippen molar-refractivity contribution in [3.63, 3.8) is 0 Å². The van der Waals surface area contributed by atoms with Crippen LogP contribution in [0.2, 0.25) is 0 Å². The maximum Gasteiger partial charge on any atom is 0.229 e. The van der Waals surface area contributed by atoms with Gasteiger partial charge in [-0.05, 0) is 18.4 Å². The molecule has 0 saturated carbocycles. The minimum absolute atomic E-state index is 0. The van der Waals surface area contributed by atoms with Crippen molar-refractivity contribution in [2.45, 2.75) is 24.9 Å². The molecule has 0 radical (unpaired) electrons. The second-order valence-corrected chi connectivity index (χ2v) is 5.71. The fourth-order valence-electron chi connectivity index (χ4n) is 3.15. The maximum absolute atomic E-state index is 12.7. The summed E-state index contributed by atoms with van der Waals surface area (Å²) in [6.07, 6.45) is 2.03. The van der Waals surface area contributed by atoms with E-state index in [0.717, 1.165) is 24.9 Å². The van der Waals surface area contributed by atoms with Gasteiger partial charge < -0.3 is 10.6 Å². The number of rotatable bonds is 2. The van der Waals surface area contributed by atoms with Crippen LogP contribution in [0.4, 0.5) is 0 Å². The van der Waals surface area contributed by atoms with E-state index in [4.69, 9.17) is 5.73 Å². The predicted octanol–water partition coefficient (Wildman–Crippen LogP) is 0.823. The molecule has 0 aromatic heterocycles. The molecule has 0 bridgehead atoms. The lowest BCUT2D eigenvalue weighted by Gasteiger charge is -2.33. The highest BCUT2D eigenvalue weighted by atomic mass is 35.5. The Hall–Kier alpha value is -1.14. The molecule has 6 heteroatoms. The quantitative estimate of drug-likeness (QED) is 0.756. The van der Waals surface area contributed by atoms with Crippen LogP contribution < -0.4 is 16.6 Å². The SMILES string of the molecule is Cl.NC1CCCN(C(=O)C2CNNC2c2ccccc2)C1. The molecule has 1 amide bonds. The van der Waals surface area contributed by atoms with Gasteiger partial charge in [0.15, 0.2) is 0 Å². The molecular weight excluding hydrogens is 288 g/mol. The summed E-state index contributed by atoms with van der Waals surface area (Å²) in [5.74, 6) is 0.161. The maximum atomic E-state index is 12.7. The van der Waals surface area contributed by atoms with Crippen molar-refractivity contribution < 1.29 is 4.79 Å². The van der Waals surface area contributed by atoms with Crippen molar-refractivity contribution in [3.8, 4) is 0 Å². The summed E-state index contributed by atoms with van der Waals surface area (Å²) in [4.78, 5) is 14.7. The molecule has 116 valence electrons. The van der Waals surface area contributed by atoms with Gasteiger partial charge in [-0.2, -0.15) is 0 Å². The van der Waals surface area contributed by atoms with Crippen LogP contribution in [0, 0.1) is 5.92 Å². The molecule has 1 aromatic rings. The molecule has 2 fully saturated rings. The van der Waals surface area contributed by atoms with Gasteiger partial charge in [-0.15, -0.1) is 12.4 Å². The van der Waals surface area contributed by atoms with Crippen LogP contribution in [0.15, 0.2) is 30.3 Å². The molecule has 2 saturated heterocycles. The molecule has 0 aliphatic carbocycles. The Kier molecular flexibility index (Phi) is 5.58. The first-order valence-electron chi connectivity index (χ1n) is 7.33. The van der Waals surface area contributed by atoms with E-state index >= 15 is 0 Å². The molecule has 0 spiro atoms. The number of halogens is 1. The fraction of sp³-hybridized carbons (Fsp3) is 0.533. The number of hydrogen-bond donors (Lipinski definition) is 3. The van der Waals surface area contributed by atoms with Crippen LogP contribution in [-0.4, -0.2) is 36.5 Å². The zero-order chi connectivity index (χ0) is 13.9. The number of carbonyl (C=O) groups is 1. The van der Waals surface area contributed by atoms with E-state index in [1.807, 2.05) is 23.1 Å². The molecule has 4 N–H and O–H groups in total. The smallest absolute Gasteiger partial charge is 0.229 e. The first-order chi connectivity index (χ1) is 9.75. The zero-order valence-corrected chi connectivity index (χ0v) is 12.8. The second kappa shape index (κ2) is 7.22. The summed E-state index contributed by atoms with van der Waals surface area (Å²) in [5.41, 5.74) is 13.5. The highest BCUT2D eigenvalue weighted by Crippen LogP contribution is 2.27. The molecule has 2 aliphatic heterocycles. The number of hydrogen-bond acceptors (Lipinski definition) is 4. The van der Waals surface area contributed by atoms with Crippen molar-refractivity contribution in [2.24, 2.45) is 11.7 Å². The number of nitrogens with two attached hydrogens (primary N) is 1. The van der Waals surface area contributed by atoms with Crippen LogP contribution >= 0.6 is 12.4 Å². The van der Waals surface area contributed by atoms with Gasteiger partial charge in [0, 0.05) is 25.7 Å². The molecule has 5 nitrogen and oxygen atoms in total. The van der Waals surface area contributed by atoms with Gasteiger partial charge >= 0.3 is 0 Å². The molecule has 3 rings (SSSR count). The number of nitrogens with one attached hydrogen (secondary N) is 2. The number of amides is 1. The van der Waals surface area contributed by atoms with E-state index in [1.165, 1.54) is 0 Å². The molecule has 3 atom stereocenters. The minimum atomic E-state index is -0.0531. The van der Waals surface area contributed by atoms with E-state index in [2.05, 4.69) is 23.0 Å². The standard InChI is InChI=1S/C15H22N4O.ClH/c16-12-7-4-8-19(10-12)15(20)13-9-17-18-14(13)11-5-2-1-3-6-11;/h1-3,5-6,12-14,17-18H,4,7-10,16H2;1H. The monoisotopic (exact) mass is 310 g/mol. The zero-order valence-electron chi connectivity index (χ0n) is 12.0. The third-order valence-electron chi connectivity index (χ3n) is 4.23. The molecule has 3 unspecified atom stereocenters.